The van der Waals surface area contributed by atoms with Crippen LogP contribution in [0, 0.1) is 0 Å². The summed E-state index contributed by atoms with van der Waals surface area (Å²) in [6.45, 7) is 6.32. The Hall–Kier alpha value is -2.67. The molecule has 3 aromatic heterocycles. The van der Waals surface area contributed by atoms with Gasteiger partial charge in [-0.1, -0.05) is 11.3 Å². The molecular weight excluding hydrogens is 322 g/mol. The molecule has 4 aromatic rings. The predicted molar refractivity (Wildman–Crippen MR) is 95.4 cm³/mol. The quantitative estimate of drug-likeness (QED) is 0.551. The first kappa shape index (κ1) is 14.9. The fourth-order valence-electron chi connectivity index (χ4n) is 2.70. The van der Waals surface area contributed by atoms with E-state index in [2.05, 4.69) is 58.3 Å². The van der Waals surface area contributed by atoms with Crippen LogP contribution in [0.4, 0.5) is 5.69 Å². The average molecular weight is 339 g/mol. The largest absolute Gasteiger partial charge is 0.461 e. The molecule has 0 fully saturated rings. The molecule has 6 nitrogen and oxygen atoms in total. The lowest BCUT2D eigenvalue weighted by molar-refractivity contribution is 0.575. The van der Waals surface area contributed by atoms with Gasteiger partial charge in [0.15, 0.2) is 5.76 Å². The maximum atomic E-state index is 5.40. The lowest BCUT2D eigenvalue weighted by Gasteiger charge is -2.20. The van der Waals surface area contributed by atoms with Gasteiger partial charge >= 0.3 is 0 Å². The second-order valence-corrected chi connectivity index (χ2v) is 6.28. The highest BCUT2D eigenvalue weighted by Gasteiger charge is 2.16. The summed E-state index contributed by atoms with van der Waals surface area (Å²) < 4.78 is 7.14. The average Bonchev–Trinajstić information content (AvgIpc) is 3.33. The van der Waals surface area contributed by atoms with Gasteiger partial charge in [0.2, 0.25) is 10.8 Å². The van der Waals surface area contributed by atoms with Crippen molar-refractivity contribution in [2.45, 2.75) is 13.8 Å². The van der Waals surface area contributed by atoms with Crippen molar-refractivity contribution in [3.8, 4) is 22.2 Å². The van der Waals surface area contributed by atoms with Gasteiger partial charge in [-0.05, 0) is 50.2 Å². The Morgan fingerprint density at radius 2 is 1.88 bits per heavy atom. The van der Waals surface area contributed by atoms with Crippen LogP contribution in [0.3, 0.4) is 0 Å². The van der Waals surface area contributed by atoms with Crippen LogP contribution in [-0.4, -0.2) is 32.9 Å². The summed E-state index contributed by atoms with van der Waals surface area (Å²) in [6, 6.07) is 12.2. The van der Waals surface area contributed by atoms with E-state index in [9.17, 15) is 0 Å². The molecule has 24 heavy (non-hydrogen) atoms. The third-order valence-electron chi connectivity index (χ3n) is 3.98. The number of fused-ring (bicyclic) bond motifs is 1. The zero-order valence-corrected chi connectivity index (χ0v) is 14.3. The van der Waals surface area contributed by atoms with E-state index in [0.717, 1.165) is 28.6 Å². The highest BCUT2D eigenvalue weighted by molar-refractivity contribution is 7.19. The van der Waals surface area contributed by atoms with Crippen LogP contribution in [0.2, 0.25) is 0 Å². The van der Waals surface area contributed by atoms with Crippen LogP contribution < -0.4 is 4.90 Å². The summed E-state index contributed by atoms with van der Waals surface area (Å²) in [5, 5.41) is 13.9. The Morgan fingerprint density at radius 3 is 2.54 bits per heavy atom. The van der Waals surface area contributed by atoms with Crippen molar-refractivity contribution in [1.82, 2.24) is 19.8 Å². The third kappa shape index (κ3) is 2.46. The summed E-state index contributed by atoms with van der Waals surface area (Å²) in [5.41, 5.74) is 2.30. The molecule has 0 unspecified atom stereocenters. The Morgan fingerprint density at radius 1 is 1.08 bits per heavy atom. The molecule has 0 saturated heterocycles. The van der Waals surface area contributed by atoms with Crippen molar-refractivity contribution in [2.24, 2.45) is 0 Å². The van der Waals surface area contributed by atoms with E-state index in [4.69, 9.17) is 4.42 Å². The van der Waals surface area contributed by atoms with Crippen LogP contribution in [0.15, 0.2) is 47.1 Å². The van der Waals surface area contributed by atoms with Gasteiger partial charge in [-0.25, -0.2) is 0 Å². The van der Waals surface area contributed by atoms with Crippen LogP contribution >= 0.6 is 11.3 Å². The second-order valence-electron chi connectivity index (χ2n) is 5.32. The van der Waals surface area contributed by atoms with E-state index in [0.29, 0.717) is 11.6 Å². The van der Waals surface area contributed by atoms with Crippen molar-refractivity contribution in [2.75, 3.05) is 18.0 Å². The summed E-state index contributed by atoms with van der Waals surface area (Å²) in [4.78, 5) is 3.07. The highest BCUT2D eigenvalue weighted by atomic mass is 32.1. The fraction of sp³-hybridized carbons (Fsp3) is 0.235. The van der Waals surface area contributed by atoms with Gasteiger partial charge in [0.25, 0.3) is 0 Å². The Bertz CT molecular complexity index is 935. The molecule has 0 spiro atoms. The number of benzene rings is 1. The minimum absolute atomic E-state index is 0.622. The highest BCUT2D eigenvalue weighted by Crippen LogP contribution is 2.29. The molecule has 0 radical (unpaired) electrons. The minimum Gasteiger partial charge on any atom is -0.461 e. The Labute approximate surface area is 143 Å². The number of furan rings is 1. The van der Waals surface area contributed by atoms with Gasteiger partial charge in [-0.15, -0.1) is 10.2 Å². The summed E-state index contributed by atoms with van der Waals surface area (Å²) in [6.07, 6.45) is 1.62. The van der Waals surface area contributed by atoms with Crippen molar-refractivity contribution in [3.05, 3.63) is 42.7 Å². The first-order chi connectivity index (χ1) is 11.8. The van der Waals surface area contributed by atoms with Crippen LogP contribution in [0.25, 0.3) is 27.1 Å². The molecule has 122 valence electrons. The molecule has 0 aliphatic heterocycles. The van der Waals surface area contributed by atoms with E-state index in [1.807, 2.05) is 12.1 Å². The van der Waals surface area contributed by atoms with E-state index in [1.165, 1.54) is 17.0 Å². The van der Waals surface area contributed by atoms with Gasteiger partial charge in [-0.3, -0.25) is 0 Å². The zero-order valence-electron chi connectivity index (χ0n) is 13.5. The zero-order chi connectivity index (χ0) is 16.5. The van der Waals surface area contributed by atoms with Crippen molar-refractivity contribution >= 4 is 22.0 Å². The van der Waals surface area contributed by atoms with E-state index < -0.39 is 0 Å². The van der Waals surface area contributed by atoms with Gasteiger partial charge in [0.1, 0.15) is 5.01 Å². The van der Waals surface area contributed by atoms with Crippen LogP contribution in [-0.2, 0) is 0 Å². The second kappa shape index (κ2) is 6.09. The monoisotopic (exact) mass is 339 g/mol. The molecule has 4 rings (SSSR count). The first-order valence-electron chi connectivity index (χ1n) is 7.91. The molecule has 0 atom stereocenters. The summed E-state index contributed by atoms with van der Waals surface area (Å²) >= 11 is 1.52. The van der Waals surface area contributed by atoms with E-state index in [1.54, 1.807) is 10.8 Å². The molecular formula is C17H17N5OS. The number of rotatable bonds is 5. The molecule has 1 aromatic carbocycles. The molecule has 7 heteroatoms. The van der Waals surface area contributed by atoms with E-state index >= 15 is 0 Å². The number of aromatic nitrogens is 4. The van der Waals surface area contributed by atoms with Crippen molar-refractivity contribution in [1.29, 1.82) is 0 Å². The third-order valence-corrected chi connectivity index (χ3v) is 4.92. The minimum atomic E-state index is 0.622. The van der Waals surface area contributed by atoms with Crippen LogP contribution in [0.5, 0.6) is 0 Å². The first-order valence-corrected chi connectivity index (χ1v) is 8.73. The van der Waals surface area contributed by atoms with Crippen molar-refractivity contribution < 1.29 is 4.42 Å². The lowest BCUT2D eigenvalue weighted by atomic mass is 10.2. The fourth-order valence-corrected chi connectivity index (χ4v) is 3.54. The number of hydrogen-bond donors (Lipinski definition) is 0. The molecule has 0 aliphatic carbocycles. The standard InChI is InChI=1S/C17H17N5OS/c1-3-21(4-2)13-9-7-12(8-10-13)16-20-22-15(14-6-5-11-23-14)18-19-17(22)24-16/h5-11H,3-4H2,1-2H3. The van der Waals surface area contributed by atoms with Gasteiger partial charge in [0.05, 0.1) is 6.26 Å². The van der Waals surface area contributed by atoms with Gasteiger partial charge in [0, 0.05) is 24.3 Å². The normalized spacial score (nSPS) is 11.2. The van der Waals surface area contributed by atoms with Crippen LogP contribution in [0.1, 0.15) is 13.8 Å². The Balaban J connectivity index is 1.69. The van der Waals surface area contributed by atoms with E-state index in [-0.39, 0.29) is 0 Å². The van der Waals surface area contributed by atoms with Crippen molar-refractivity contribution in [3.63, 3.8) is 0 Å². The molecule has 0 bridgehead atoms. The number of nitrogens with zero attached hydrogens (tertiary/aromatic N) is 5. The molecule has 0 saturated carbocycles. The number of hydrogen-bond acceptors (Lipinski definition) is 6. The smallest absolute Gasteiger partial charge is 0.235 e. The Kier molecular flexibility index (Phi) is 3.78. The molecule has 0 amide bonds. The van der Waals surface area contributed by atoms with Gasteiger partial charge < -0.3 is 9.32 Å². The maximum absolute atomic E-state index is 5.40. The molecule has 3 heterocycles. The van der Waals surface area contributed by atoms with Gasteiger partial charge in [-0.2, -0.15) is 9.61 Å². The SMILES string of the molecule is CCN(CC)c1ccc(-c2nn3c(-c4ccco4)nnc3s2)cc1. The summed E-state index contributed by atoms with van der Waals surface area (Å²) in [7, 11) is 0. The number of anilines is 1. The molecule has 0 aliphatic rings. The summed E-state index contributed by atoms with van der Waals surface area (Å²) in [5.74, 6) is 1.29. The predicted octanol–water partition coefficient (Wildman–Crippen LogP) is 3.96. The maximum Gasteiger partial charge on any atom is 0.235 e. The lowest BCUT2D eigenvalue weighted by Crippen LogP contribution is -2.21. The topological polar surface area (TPSA) is 59.5 Å². The molecule has 0 N–H and O–H groups in total.